The number of nitrogens with one attached hydrogen (secondary N) is 2. The summed E-state index contributed by atoms with van der Waals surface area (Å²) in [4.78, 5) is 14.3. The minimum atomic E-state index is 0. The first-order chi connectivity index (χ1) is 15.6. The summed E-state index contributed by atoms with van der Waals surface area (Å²) in [5.41, 5.74) is 3.13. The lowest BCUT2D eigenvalue weighted by Gasteiger charge is -2.21. The summed E-state index contributed by atoms with van der Waals surface area (Å²) in [6.07, 6.45) is 2.59. The lowest BCUT2D eigenvalue weighted by molar-refractivity contribution is 0.322. The normalized spacial score (nSPS) is 10.9. The van der Waals surface area contributed by atoms with Crippen LogP contribution in [0, 0.1) is 0 Å². The van der Waals surface area contributed by atoms with Gasteiger partial charge in [0, 0.05) is 26.2 Å². The maximum Gasteiger partial charge on any atom is 0.203 e. The molecule has 0 unspecified atom stereocenters. The second-order valence-electron chi connectivity index (χ2n) is 7.18. The molecule has 0 bridgehead atoms. The van der Waals surface area contributed by atoms with Crippen LogP contribution in [0.25, 0.3) is 11.3 Å². The van der Waals surface area contributed by atoms with Crippen LogP contribution in [-0.2, 0) is 13.0 Å². The zero-order valence-electron chi connectivity index (χ0n) is 19.7. The van der Waals surface area contributed by atoms with Gasteiger partial charge >= 0.3 is 0 Å². The van der Waals surface area contributed by atoms with Gasteiger partial charge in [0.2, 0.25) is 5.75 Å². The van der Waals surface area contributed by atoms with Crippen molar-refractivity contribution in [2.45, 2.75) is 13.0 Å². The first-order valence-electron chi connectivity index (χ1n) is 10.4. The average molecular weight is 565 g/mol. The highest BCUT2D eigenvalue weighted by Gasteiger charge is 2.16. The minimum Gasteiger partial charge on any atom is -0.493 e. The van der Waals surface area contributed by atoms with Gasteiger partial charge in [-0.3, -0.25) is 4.99 Å². The number of benzene rings is 2. The molecule has 178 valence electrons. The Bertz CT molecular complexity index is 1040. The van der Waals surface area contributed by atoms with E-state index in [0.29, 0.717) is 30.3 Å². The van der Waals surface area contributed by atoms with Crippen LogP contribution in [0.1, 0.15) is 11.4 Å². The number of guanidine groups is 1. The molecule has 1 heterocycles. The fraction of sp³-hybridized carbons (Fsp3) is 0.333. The van der Waals surface area contributed by atoms with Crippen LogP contribution in [0.15, 0.2) is 53.7 Å². The Hall–Kier alpha value is -2.95. The Morgan fingerprint density at radius 1 is 1.03 bits per heavy atom. The number of imidazole rings is 1. The van der Waals surface area contributed by atoms with E-state index in [1.54, 1.807) is 28.4 Å². The molecule has 0 aliphatic heterocycles. The number of aromatic nitrogens is 2. The number of hydrogen-bond donors (Lipinski definition) is 2. The summed E-state index contributed by atoms with van der Waals surface area (Å²) in [6.45, 7) is 1.28. The number of methoxy groups -OCH3 is 3. The molecule has 0 aliphatic rings. The van der Waals surface area contributed by atoms with Gasteiger partial charge in [0.05, 0.1) is 39.8 Å². The van der Waals surface area contributed by atoms with Crippen LogP contribution in [-0.4, -0.2) is 62.8 Å². The van der Waals surface area contributed by atoms with E-state index in [0.717, 1.165) is 35.0 Å². The van der Waals surface area contributed by atoms with Gasteiger partial charge < -0.3 is 29.4 Å². The van der Waals surface area contributed by atoms with Crippen molar-refractivity contribution in [1.82, 2.24) is 20.2 Å². The minimum absolute atomic E-state index is 0. The Labute approximate surface area is 212 Å². The molecule has 8 nitrogen and oxygen atoms in total. The van der Waals surface area contributed by atoms with Gasteiger partial charge in [-0.2, -0.15) is 0 Å². The monoisotopic (exact) mass is 565 g/mol. The van der Waals surface area contributed by atoms with Crippen LogP contribution in [0.2, 0.25) is 0 Å². The van der Waals surface area contributed by atoms with E-state index in [1.165, 1.54) is 0 Å². The predicted octanol–water partition coefficient (Wildman–Crippen LogP) is 3.97. The largest absolute Gasteiger partial charge is 0.493 e. The number of H-pyrrole nitrogens is 1. The standard InChI is InChI=1S/C24H31N5O3.HI/c1-25-24(26-14-13-18-11-12-20(30-3)23(32-5)22(18)31-4)29(2)16-21-27-15-19(28-21)17-9-7-6-8-10-17;/h6-12,15H,13-14,16H2,1-5H3,(H,25,26)(H,27,28);1H. The lowest BCUT2D eigenvalue weighted by atomic mass is 10.1. The lowest BCUT2D eigenvalue weighted by Crippen LogP contribution is -2.39. The van der Waals surface area contributed by atoms with Crippen LogP contribution in [0.4, 0.5) is 0 Å². The fourth-order valence-corrected chi connectivity index (χ4v) is 3.56. The molecule has 33 heavy (non-hydrogen) atoms. The Morgan fingerprint density at radius 3 is 2.39 bits per heavy atom. The van der Waals surface area contributed by atoms with E-state index in [2.05, 4.69) is 32.4 Å². The SMILES string of the molecule is CN=C(NCCc1ccc(OC)c(OC)c1OC)N(C)Cc1ncc(-c2ccccc2)[nH]1.I. The number of aliphatic imine (C=N–C) groups is 1. The maximum atomic E-state index is 5.57. The van der Waals surface area contributed by atoms with Crippen molar-refractivity contribution in [3.63, 3.8) is 0 Å². The molecule has 0 amide bonds. The molecule has 0 saturated heterocycles. The maximum absolute atomic E-state index is 5.57. The third-order valence-corrected chi connectivity index (χ3v) is 5.14. The molecule has 0 atom stereocenters. The summed E-state index contributed by atoms with van der Waals surface area (Å²) < 4.78 is 16.4. The van der Waals surface area contributed by atoms with Crippen molar-refractivity contribution in [1.29, 1.82) is 0 Å². The van der Waals surface area contributed by atoms with Crippen LogP contribution in [0.5, 0.6) is 17.2 Å². The van der Waals surface area contributed by atoms with Crippen molar-refractivity contribution >= 4 is 29.9 Å². The summed E-state index contributed by atoms with van der Waals surface area (Å²) in [6, 6.07) is 14.0. The highest BCUT2D eigenvalue weighted by atomic mass is 127. The molecule has 0 spiro atoms. The fourth-order valence-electron chi connectivity index (χ4n) is 3.56. The first-order valence-corrected chi connectivity index (χ1v) is 10.4. The van der Waals surface area contributed by atoms with E-state index in [9.17, 15) is 0 Å². The van der Waals surface area contributed by atoms with Crippen LogP contribution < -0.4 is 19.5 Å². The number of nitrogens with zero attached hydrogens (tertiary/aromatic N) is 3. The third kappa shape index (κ3) is 6.53. The van der Waals surface area contributed by atoms with Gasteiger partial charge in [-0.15, -0.1) is 24.0 Å². The topological polar surface area (TPSA) is 84.0 Å². The van der Waals surface area contributed by atoms with Crippen LogP contribution in [0.3, 0.4) is 0 Å². The summed E-state index contributed by atoms with van der Waals surface area (Å²) in [5.74, 6) is 3.57. The van der Waals surface area contributed by atoms with E-state index in [4.69, 9.17) is 14.2 Å². The molecule has 3 rings (SSSR count). The quantitative estimate of drug-likeness (QED) is 0.232. The van der Waals surface area contributed by atoms with Crippen molar-refractivity contribution in [3.05, 3.63) is 60.0 Å². The van der Waals surface area contributed by atoms with Gasteiger partial charge in [-0.05, 0) is 18.1 Å². The Kier molecular flexibility index (Phi) is 10.3. The number of rotatable bonds is 9. The highest BCUT2D eigenvalue weighted by Crippen LogP contribution is 2.39. The first kappa shape index (κ1) is 26.3. The number of ether oxygens (including phenoxy) is 3. The Balaban J connectivity index is 0.00000385. The molecule has 2 N–H and O–H groups in total. The van der Waals surface area contributed by atoms with E-state index in [1.807, 2.05) is 48.5 Å². The molecule has 2 aromatic carbocycles. The second kappa shape index (κ2) is 12.9. The van der Waals surface area contributed by atoms with Crippen LogP contribution >= 0.6 is 24.0 Å². The molecule has 1 aromatic heterocycles. The summed E-state index contributed by atoms with van der Waals surface area (Å²) in [7, 11) is 8.61. The second-order valence-corrected chi connectivity index (χ2v) is 7.18. The number of hydrogen-bond acceptors (Lipinski definition) is 5. The third-order valence-electron chi connectivity index (χ3n) is 5.14. The van der Waals surface area contributed by atoms with E-state index >= 15 is 0 Å². The molecular formula is C24H32IN5O3. The molecular weight excluding hydrogens is 533 g/mol. The van der Waals surface area contributed by atoms with Gasteiger partial charge in [-0.1, -0.05) is 36.4 Å². The van der Waals surface area contributed by atoms with Gasteiger partial charge in [0.25, 0.3) is 0 Å². The zero-order chi connectivity index (χ0) is 22.9. The van der Waals surface area contributed by atoms with Crippen molar-refractivity contribution in [2.75, 3.05) is 42.0 Å². The summed E-state index contributed by atoms with van der Waals surface area (Å²) >= 11 is 0. The van der Waals surface area contributed by atoms with Crippen molar-refractivity contribution < 1.29 is 14.2 Å². The molecule has 0 saturated carbocycles. The number of halogens is 1. The highest BCUT2D eigenvalue weighted by molar-refractivity contribution is 14.0. The Morgan fingerprint density at radius 2 is 1.76 bits per heavy atom. The van der Waals surface area contributed by atoms with Gasteiger partial charge in [0.15, 0.2) is 17.5 Å². The van der Waals surface area contributed by atoms with Crippen molar-refractivity contribution in [2.24, 2.45) is 4.99 Å². The molecule has 9 heteroatoms. The predicted molar refractivity (Wildman–Crippen MR) is 142 cm³/mol. The van der Waals surface area contributed by atoms with E-state index in [-0.39, 0.29) is 24.0 Å². The molecule has 0 radical (unpaired) electrons. The molecule has 3 aromatic rings. The summed E-state index contributed by atoms with van der Waals surface area (Å²) in [5, 5.41) is 3.40. The van der Waals surface area contributed by atoms with Crippen molar-refractivity contribution in [3.8, 4) is 28.5 Å². The van der Waals surface area contributed by atoms with E-state index < -0.39 is 0 Å². The molecule has 0 fully saturated rings. The zero-order valence-corrected chi connectivity index (χ0v) is 22.0. The van der Waals surface area contributed by atoms with Gasteiger partial charge in [0.1, 0.15) is 5.82 Å². The average Bonchev–Trinajstić information content (AvgIpc) is 3.30. The number of aromatic amines is 1. The van der Waals surface area contributed by atoms with Gasteiger partial charge in [-0.25, -0.2) is 4.98 Å². The smallest absolute Gasteiger partial charge is 0.203 e. The molecule has 0 aliphatic carbocycles.